The first-order chi connectivity index (χ1) is 19.0. The van der Waals surface area contributed by atoms with Crippen LogP contribution in [0.2, 0.25) is 5.02 Å². The Balaban J connectivity index is 1.40. The standard InChI is InChI=1S/C31H24ClN3O3S/c32-21-15-16-24(23(17-21)28(37)19-9-3-1-4-10-19)33-26(36)18-35-29(20-11-5-2-6-12-20)34-30-27(31(35)38)22-13-7-8-14-25(22)39-30/h1-6,9-12,15-17H,7-8,13-14,18H2,(H,33,36). The van der Waals surface area contributed by atoms with Crippen molar-refractivity contribution < 1.29 is 9.59 Å². The number of nitrogens with one attached hydrogen (secondary N) is 1. The molecule has 1 N–H and O–H groups in total. The Hall–Kier alpha value is -4.07. The number of ketones is 1. The number of hydrogen-bond acceptors (Lipinski definition) is 5. The van der Waals surface area contributed by atoms with Gasteiger partial charge in [0.05, 0.1) is 11.1 Å². The van der Waals surface area contributed by atoms with Crippen LogP contribution in [0.1, 0.15) is 39.2 Å². The van der Waals surface area contributed by atoms with Crippen LogP contribution in [0.25, 0.3) is 21.6 Å². The van der Waals surface area contributed by atoms with Crippen molar-refractivity contribution in [2.45, 2.75) is 32.2 Å². The maximum absolute atomic E-state index is 13.9. The minimum Gasteiger partial charge on any atom is -0.324 e. The van der Waals surface area contributed by atoms with Gasteiger partial charge < -0.3 is 5.32 Å². The molecule has 194 valence electrons. The lowest BCUT2D eigenvalue weighted by atomic mass is 9.97. The summed E-state index contributed by atoms with van der Waals surface area (Å²) in [6.45, 7) is -0.252. The second kappa shape index (κ2) is 10.6. The molecule has 3 aromatic carbocycles. The summed E-state index contributed by atoms with van der Waals surface area (Å²) in [5.74, 6) is -0.258. The third kappa shape index (κ3) is 4.91. The molecule has 6 rings (SSSR count). The second-order valence-electron chi connectivity index (χ2n) is 9.52. The molecule has 39 heavy (non-hydrogen) atoms. The Kier molecular flexibility index (Phi) is 6.85. The summed E-state index contributed by atoms with van der Waals surface area (Å²) in [5, 5.41) is 3.84. The number of aryl methyl sites for hydroxylation is 2. The highest BCUT2D eigenvalue weighted by atomic mass is 35.5. The summed E-state index contributed by atoms with van der Waals surface area (Å²) < 4.78 is 1.45. The molecule has 0 aliphatic heterocycles. The molecule has 8 heteroatoms. The molecule has 1 amide bonds. The lowest BCUT2D eigenvalue weighted by molar-refractivity contribution is -0.116. The summed E-state index contributed by atoms with van der Waals surface area (Å²) in [7, 11) is 0. The number of aromatic nitrogens is 2. The molecule has 2 heterocycles. The number of fused-ring (bicyclic) bond motifs is 3. The van der Waals surface area contributed by atoms with Crippen LogP contribution in [0.4, 0.5) is 5.69 Å². The molecular formula is C31H24ClN3O3S. The molecule has 0 bridgehead atoms. The minimum atomic E-state index is -0.441. The molecule has 0 saturated heterocycles. The van der Waals surface area contributed by atoms with Crippen LogP contribution < -0.4 is 10.9 Å². The fraction of sp³-hybridized carbons (Fsp3) is 0.161. The first-order valence-electron chi connectivity index (χ1n) is 12.8. The van der Waals surface area contributed by atoms with Gasteiger partial charge in [0.2, 0.25) is 5.91 Å². The molecular weight excluding hydrogens is 530 g/mol. The number of rotatable bonds is 6. The van der Waals surface area contributed by atoms with E-state index in [1.165, 1.54) is 9.44 Å². The van der Waals surface area contributed by atoms with Crippen LogP contribution in [0.15, 0.2) is 83.7 Å². The molecule has 0 radical (unpaired) electrons. The lowest BCUT2D eigenvalue weighted by Crippen LogP contribution is -2.30. The largest absolute Gasteiger partial charge is 0.324 e. The zero-order valence-electron chi connectivity index (χ0n) is 20.9. The first-order valence-corrected chi connectivity index (χ1v) is 14.0. The number of benzene rings is 3. The third-order valence-corrected chi connectivity index (χ3v) is 8.37. The van der Waals surface area contributed by atoms with E-state index in [4.69, 9.17) is 16.6 Å². The summed E-state index contributed by atoms with van der Waals surface area (Å²) in [6, 6.07) is 23.0. The molecule has 0 unspecified atom stereocenters. The molecule has 0 fully saturated rings. The van der Waals surface area contributed by atoms with Crippen LogP contribution >= 0.6 is 22.9 Å². The van der Waals surface area contributed by atoms with Crippen LogP contribution in [0, 0.1) is 0 Å². The van der Waals surface area contributed by atoms with Crippen molar-refractivity contribution in [2.75, 3.05) is 5.32 Å². The van der Waals surface area contributed by atoms with E-state index in [1.54, 1.807) is 53.8 Å². The third-order valence-electron chi connectivity index (χ3n) is 6.94. The van der Waals surface area contributed by atoms with Gasteiger partial charge in [-0.1, -0.05) is 72.3 Å². The van der Waals surface area contributed by atoms with Gasteiger partial charge in [-0.25, -0.2) is 4.98 Å². The van der Waals surface area contributed by atoms with Crippen molar-refractivity contribution in [1.29, 1.82) is 0 Å². The first kappa shape index (κ1) is 25.2. The number of thiophene rings is 1. The molecule has 0 saturated carbocycles. The zero-order valence-corrected chi connectivity index (χ0v) is 22.5. The number of carbonyl (C=O) groups is 2. The fourth-order valence-electron chi connectivity index (χ4n) is 5.08. The average Bonchev–Trinajstić information content (AvgIpc) is 3.34. The summed E-state index contributed by atoms with van der Waals surface area (Å²) in [6.07, 6.45) is 3.94. The Morgan fingerprint density at radius 2 is 1.67 bits per heavy atom. The monoisotopic (exact) mass is 553 g/mol. The van der Waals surface area contributed by atoms with Crippen molar-refractivity contribution in [2.24, 2.45) is 0 Å². The van der Waals surface area contributed by atoms with Gasteiger partial charge in [-0.3, -0.25) is 19.0 Å². The Morgan fingerprint density at radius 1 is 0.949 bits per heavy atom. The average molecular weight is 554 g/mol. The molecule has 1 aliphatic rings. The number of amides is 1. The highest BCUT2D eigenvalue weighted by molar-refractivity contribution is 7.18. The summed E-state index contributed by atoms with van der Waals surface area (Å²) in [5.41, 5.74) is 2.69. The molecule has 0 atom stereocenters. The van der Waals surface area contributed by atoms with Crippen molar-refractivity contribution in [3.8, 4) is 11.4 Å². The number of hydrogen-bond donors (Lipinski definition) is 1. The fourth-order valence-corrected chi connectivity index (χ4v) is 6.51. The second-order valence-corrected chi connectivity index (χ2v) is 11.0. The van der Waals surface area contributed by atoms with Gasteiger partial charge in [0, 0.05) is 26.6 Å². The summed E-state index contributed by atoms with van der Waals surface area (Å²) >= 11 is 7.79. The SMILES string of the molecule is O=C(Cn1c(-c2ccccc2)nc2sc3c(c2c1=O)CCCC3)Nc1ccc(Cl)cc1C(=O)c1ccccc1. The predicted octanol–water partition coefficient (Wildman–Crippen LogP) is 6.53. The van der Waals surface area contributed by atoms with Crippen LogP contribution in [-0.4, -0.2) is 21.2 Å². The molecule has 1 aliphatic carbocycles. The maximum atomic E-state index is 13.9. The minimum absolute atomic E-state index is 0.218. The van der Waals surface area contributed by atoms with E-state index in [9.17, 15) is 14.4 Å². The van der Waals surface area contributed by atoms with E-state index in [0.717, 1.165) is 41.6 Å². The normalized spacial score (nSPS) is 12.7. The summed E-state index contributed by atoms with van der Waals surface area (Å²) in [4.78, 5) is 47.4. The van der Waals surface area contributed by atoms with Crippen molar-refractivity contribution in [1.82, 2.24) is 9.55 Å². The number of nitrogens with zero attached hydrogens (tertiary/aromatic N) is 2. The van der Waals surface area contributed by atoms with Crippen molar-refractivity contribution >= 4 is 50.5 Å². The van der Waals surface area contributed by atoms with Gasteiger partial charge in [0.25, 0.3) is 5.56 Å². The van der Waals surface area contributed by atoms with E-state index in [1.807, 2.05) is 36.4 Å². The molecule has 6 nitrogen and oxygen atoms in total. The Morgan fingerprint density at radius 3 is 2.44 bits per heavy atom. The Bertz CT molecular complexity index is 1780. The number of halogens is 1. The highest BCUT2D eigenvalue weighted by Crippen LogP contribution is 2.35. The van der Waals surface area contributed by atoms with E-state index in [0.29, 0.717) is 27.5 Å². The van der Waals surface area contributed by atoms with Crippen LogP contribution in [0.3, 0.4) is 0 Å². The van der Waals surface area contributed by atoms with E-state index < -0.39 is 5.91 Å². The molecule has 5 aromatic rings. The quantitative estimate of drug-likeness (QED) is 0.242. The van der Waals surface area contributed by atoms with Crippen molar-refractivity contribution in [3.63, 3.8) is 0 Å². The number of carbonyl (C=O) groups excluding carboxylic acids is 2. The smallest absolute Gasteiger partial charge is 0.263 e. The van der Waals surface area contributed by atoms with Gasteiger partial charge >= 0.3 is 0 Å². The van der Waals surface area contributed by atoms with Gasteiger partial charge in [0.1, 0.15) is 17.2 Å². The maximum Gasteiger partial charge on any atom is 0.263 e. The van der Waals surface area contributed by atoms with Gasteiger partial charge in [0.15, 0.2) is 5.78 Å². The molecule has 2 aromatic heterocycles. The van der Waals surface area contributed by atoms with Crippen molar-refractivity contribution in [3.05, 3.63) is 116 Å². The van der Waals surface area contributed by atoms with Gasteiger partial charge in [-0.2, -0.15) is 0 Å². The number of anilines is 1. The van der Waals surface area contributed by atoms with Crippen LogP contribution in [0.5, 0.6) is 0 Å². The van der Waals surface area contributed by atoms with Crippen LogP contribution in [-0.2, 0) is 24.2 Å². The topological polar surface area (TPSA) is 81.1 Å². The van der Waals surface area contributed by atoms with E-state index >= 15 is 0 Å². The highest BCUT2D eigenvalue weighted by Gasteiger charge is 2.24. The van der Waals surface area contributed by atoms with E-state index in [2.05, 4.69) is 5.32 Å². The lowest BCUT2D eigenvalue weighted by Gasteiger charge is -2.15. The zero-order chi connectivity index (χ0) is 26.9. The Labute approximate surface area is 233 Å². The van der Waals surface area contributed by atoms with Gasteiger partial charge in [-0.15, -0.1) is 11.3 Å². The molecule has 0 spiro atoms. The van der Waals surface area contributed by atoms with Gasteiger partial charge in [-0.05, 0) is 49.4 Å². The van der Waals surface area contributed by atoms with E-state index in [-0.39, 0.29) is 23.5 Å². The predicted molar refractivity (Wildman–Crippen MR) is 156 cm³/mol.